The average Bonchev–Trinajstić information content (AvgIpc) is 2.82. The molecule has 0 saturated heterocycles. The van der Waals surface area contributed by atoms with E-state index in [1.807, 2.05) is 42.5 Å². The number of nitrogens with one attached hydrogen (secondary N) is 2. The Balaban J connectivity index is 1.70. The molecule has 0 aliphatic heterocycles. The Bertz CT molecular complexity index is 1000. The van der Waals surface area contributed by atoms with Crippen molar-refractivity contribution < 1.29 is 4.74 Å². The molecule has 2 heterocycles. The summed E-state index contributed by atoms with van der Waals surface area (Å²) in [5.41, 5.74) is 6.39. The molecular formula is C26H34N6O. The van der Waals surface area contributed by atoms with Crippen molar-refractivity contribution in [3.8, 4) is 5.88 Å². The maximum Gasteiger partial charge on any atom is 0.217 e. The molecule has 0 unspecified atom stereocenters. The quantitative estimate of drug-likeness (QED) is 0.209. The highest BCUT2D eigenvalue weighted by Gasteiger charge is 2.10. The van der Waals surface area contributed by atoms with Crippen LogP contribution >= 0.6 is 0 Å². The van der Waals surface area contributed by atoms with Crippen LogP contribution in [0.1, 0.15) is 37.8 Å². The average molecular weight is 447 g/mol. The molecule has 7 heteroatoms. The third kappa shape index (κ3) is 8.11. The molecular weight excluding hydrogens is 412 g/mol. The summed E-state index contributed by atoms with van der Waals surface area (Å²) in [6.07, 6.45) is 5.70. The maximum atomic E-state index is 5.98. The second-order valence-corrected chi connectivity index (χ2v) is 7.81. The van der Waals surface area contributed by atoms with E-state index < -0.39 is 0 Å². The molecule has 7 nitrogen and oxygen atoms in total. The van der Waals surface area contributed by atoms with E-state index in [0.29, 0.717) is 24.8 Å². The topological polar surface area (TPSA) is 74.7 Å². The van der Waals surface area contributed by atoms with Crippen LogP contribution in [0.5, 0.6) is 5.88 Å². The van der Waals surface area contributed by atoms with Gasteiger partial charge in [0, 0.05) is 37.1 Å². The monoisotopic (exact) mass is 446 g/mol. The van der Waals surface area contributed by atoms with Gasteiger partial charge in [0.1, 0.15) is 12.4 Å². The molecule has 2 aromatic heterocycles. The Kier molecular flexibility index (Phi) is 9.51. The molecule has 0 bridgehead atoms. The maximum absolute atomic E-state index is 5.98. The minimum absolute atomic E-state index is 0.473. The Labute approximate surface area is 196 Å². The molecule has 0 spiro atoms. The third-order valence-electron chi connectivity index (χ3n) is 4.90. The van der Waals surface area contributed by atoms with Crippen LogP contribution in [0.4, 0.5) is 17.3 Å². The van der Waals surface area contributed by atoms with Crippen LogP contribution in [0.3, 0.4) is 0 Å². The lowest BCUT2D eigenvalue weighted by Crippen LogP contribution is -2.25. The van der Waals surface area contributed by atoms with E-state index in [4.69, 9.17) is 4.74 Å². The number of pyridine rings is 2. The number of aryl methyl sites for hydroxylation is 1. The second-order valence-electron chi connectivity index (χ2n) is 7.81. The lowest BCUT2D eigenvalue weighted by molar-refractivity contribution is 0.320. The van der Waals surface area contributed by atoms with Crippen LogP contribution in [0, 0.1) is 6.92 Å². The van der Waals surface area contributed by atoms with Gasteiger partial charge in [-0.15, -0.1) is 0 Å². The fourth-order valence-corrected chi connectivity index (χ4v) is 3.44. The van der Waals surface area contributed by atoms with E-state index in [2.05, 4.69) is 63.6 Å². The molecule has 0 saturated carbocycles. The Hall–Kier alpha value is -3.61. The molecule has 3 rings (SSSR count). The largest absolute Gasteiger partial charge is 0.476 e. The number of ether oxygens (including phenoxy) is 1. The first-order valence-corrected chi connectivity index (χ1v) is 11.6. The first-order valence-electron chi connectivity index (χ1n) is 11.6. The summed E-state index contributed by atoms with van der Waals surface area (Å²) in [5, 5.41) is 7.64. The molecule has 3 aromatic rings. The molecule has 0 aliphatic rings. The van der Waals surface area contributed by atoms with Crippen molar-refractivity contribution in [2.24, 2.45) is 5.10 Å². The van der Waals surface area contributed by atoms with Gasteiger partial charge in [0.25, 0.3) is 0 Å². The predicted octanol–water partition coefficient (Wildman–Crippen LogP) is 5.35. The number of anilines is 3. The van der Waals surface area contributed by atoms with Gasteiger partial charge in [-0.25, -0.2) is 4.98 Å². The van der Waals surface area contributed by atoms with Gasteiger partial charge >= 0.3 is 0 Å². The summed E-state index contributed by atoms with van der Waals surface area (Å²) in [5.74, 6) is 2.05. The Morgan fingerprint density at radius 1 is 1.00 bits per heavy atom. The summed E-state index contributed by atoms with van der Waals surface area (Å²) in [6, 6.07) is 18.0. The van der Waals surface area contributed by atoms with Gasteiger partial charge in [0.05, 0.1) is 12.8 Å². The first-order chi connectivity index (χ1) is 16.2. The molecule has 33 heavy (non-hydrogen) atoms. The zero-order valence-electron chi connectivity index (χ0n) is 19.8. The minimum atomic E-state index is 0.473. The number of hydrazone groups is 1. The molecule has 174 valence electrons. The number of hydrogen-bond donors (Lipinski definition) is 2. The molecule has 1 aromatic carbocycles. The SMILES string of the molecule is CCCN(CCC)c1cc(N/N=C/c2cccc(C)c2)nc(OCCNc2ccccn2)c1. The van der Waals surface area contributed by atoms with Crippen molar-refractivity contribution in [3.05, 3.63) is 71.9 Å². The number of rotatable bonds is 13. The van der Waals surface area contributed by atoms with Gasteiger partial charge in [-0.05, 0) is 37.5 Å². The highest BCUT2D eigenvalue weighted by molar-refractivity contribution is 5.80. The van der Waals surface area contributed by atoms with E-state index in [1.165, 1.54) is 5.56 Å². The molecule has 0 amide bonds. The summed E-state index contributed by atoms with van der Waals surface area (Å²) in [7, 11) is 0. The van der Waals surface area contributed by atoms with Crippen LogP contribution in [0.25, 0.3) is 0 Å². The standard InChI is InChI=1S/C26H34N6O/c1-4-14-32(15-5-2)23-18-25(31-29-20-22-10-8-9-21(3)17-22)30-26(19-23)33-16-13-28-24-11-6-7-12-27-24/h6-12,17-20H,4-5,13-16H2,1-3H3,(H,27,28)(H,30,31)/b29-20+. The van der Waals surface area contributed by atoms with E-state index >= 15 is 0 Å². The van der Waals surface area contributed by atoms with Gasteiger partial charge in [-0.1, -0.05) is 49.7 Å². The number of aromatic nitrogens is 2. The van der Waals surface area contributed by atoms with Crippen LogP contribution in [-0.2, 0) is 0 Å². The van der Waals surface area contributed by atoms with Gasteiger partial charge in [-0.3, -0.25) is 5.43 Å². The van der Waals surface area contributed by atoms with Crippen molar-refractivity contribution in [2.45, 2.75) is 33.6 Å². The molecule has 0 radical (unpaired) electrons. The number of nitrogens with zero attached hydrogens (tertiary/aromatic N) is 4. The van der Waals surface area contributed by atoms with Crippen LogP contribution in [0.15, 0.2) is 65.9 Å². The van der Waals surface area contributed by atoms with Crippen molar-refractivity contribution >= 4 is 23.5 Å². The first kappa shape index (κ1) is 24.0. The van der Waals surface area contributed by atoms with Crippen LogP contribution < -0.4 is 20.4 Å². The second kappa shape index (κ2) is 13.1. The summed E-state index contributed by atoms with van der Waals surface area (Å²) >= 11 is 0. The Morgan fingerprint density at radius 3 is 2.58 bits per heavy atom. The fourth-order valence-electron chi connectivity index (χ4n) is 3.44. The smallest absolute Gasteiger partial charge is 0.217 e. The highest BCUT2D eigenvalue weighted by atomic mass is 16.5. The van der Waals surface area contributed by atoms with Gasteiger partial charge in [0.2, 0.25) is 5.88 Å². The van der Waals surface area contributed by atoms with Crippen LogP contribution in [0.2, 0.25) is 0 Å². The lowest BCUT2D eigenvalue weighted by atomic mass is 10.2. The normalized spacial score (nSPS) is 10.9. The van der Waals surface area contributed by atoms with E-state index in [-0.39, 0.29) is 0 Å². The summed E-state index contributed by atoms with van der Waals surface area (Å²) in [6.45, 7) is 9.50. The van der Waals surface area contributed by atoms with Crippen molar-refractivity contribution in [1.82, 2.24) is 9.97 Å². The summed E-state index contributed by atoms with van der Waals surface area (Å²) < 4.78 is 5.98. The molecule has 0 aliphatic carbocycles. The van der Waals surface area contributed by atoms with Crippen molar-refractivity contribution in [2.75, 3.05) is 41.9 Å². The number of hydrogen-bond acceptors (Lipinski definition) is 7. The highest BCUT2D eigenvalue weighted by Crippen LogP contribution is 2.24. The molecule has 2 N–H and O–H groups in total. The summed E-state index contributed by atoms with van der Waals surface area (Å²) in [4.78, 5) is 11.2. The van der Waals surface area contributed by atoms with E-state index in [9.17, 15) is 0 Å². The van der Waals surface area contributed by atoms with E-state index in [1.54, 1.807) is 12.4 Å². The van der Waals surface area contributed by atoms with Crippen molar-refractivity contribution in [1.29, 1.82) is 0 Å². The Morgan fingerprint density at radius 2 is 1.85 bits per heavy atom. The third-order valence-corrected chi connectivity index (χ3v) is 4.90. The lowest BCUT2D eigenvalue weighted by Gasteiger charge is -2.24. The zero-order valence-corrected chi connectivity index (χ0v) is 19.8. The molecule has 0 fully saturated rings. The van der Waals surface area contributed by atoms with E-state index in [0.717, 1.165) is 43.0 Å². The van der Waals surface area contributed by atoms with Gasteiger partial charge < -0.3 is 15.0 Å². The van der Waals surface area contributed by atoms with Crippen LogP contribution in [-0.4, -0.2) is 42.4 Å². The van der Waals surface area contributed by atoms with Crippen molar-refractivity contribution in [3.63, 3.8) is 0 Å². The van der Waals surface area contributed by atoms with Gasteiger partial charge in [-0.2, -0.15) is 10.1 Å². The number of benzene rings is 1. The fraction of sp³-hybridized carbons (Fsp3) is 0.346. The van der Waals surface area contributed by atoms with Gasteiger partial charge in [0.15, 0.2) is 5.82 Å². The minimum Gasteiger partial charge on any atom is -0.476 e. The predicted molar refractivity (Wildman–Crippen MR) is 138 cm³/mol. The molecule has 0 atom stereocenters. The zero-order chi connectivity index (χ0) is 23.3.